The molecule has 1 aromatic rings. The lowest BCUT2D eigenvalue weighted by Crippen LogP contribution is -2.40. The molecule has 2 fully saturated rings. The molecule has 6 heteroatoms. The minimum atomic E-state index is -0.571. The second-order valence-corrected chi connectivity index (χ2v) is 6.93. The summed E-state index contributed by atoms with van der Waals surface area (Å²) < 4.78 is 0. The molecule has 2 bridgehead atoms. The Labute approximate surface area is 134 Å². The second-order valence-electron chi connectivity index (χ2n) is 6.52. The van der Waals surface area contributed by atoms with Crippen LogP contribution < -0.4 is 5.32 Å². The summed E-state index contributed by atoms with van der Waals surface area (Å²) >= 11 is 5.77. The molecular weight excluding hydrogens is 304 g/mol. The third-order valence-electron chi connectivity index (χ3n) is 5.20. The van der Waals surface area contributed by atoms with Gasteiger partial charge in [-0.1, -0.05) is 18.0 Å². The number of nitro groups is 1. The van der Waals surface area contributed by atoms with Gasteiger partial charge < -0.3 is 5.32 Å². The van der Waals surface area contributed by atoms with Gasteiger partial charge in [-0.05, 0) is 56.1 Å². The highest BCUT2D eigenvalue weighted by Gasteiger charge is 2.42. The number of carbonyl (C=O) groups is 1. The molecule has 0 aliphatic heterocycles. The molecule has 22 heavy (non-hydrogen) atoms. The quantitative estimate of drug-likeness (QED) is 0.677. The van der Waals surface area contributed by atoms with Crippen LogP contribution in [0.2, 0.25) is 5.02 Å². The molecule has 5 nitrogen and oxygen atoms in total. The second kappa shape index (κ2) is 5.88. The lowest BCUT2D eigenvalue weighted by atomic mass is 9.84. The summed E-state index contributed by atoms with van der Waals surface area (Å²) in [5.41, 5.74) is 0.0491. The monoisotopic (exact) mass is 322 g/mol. The largest absolute Gasteiger partial charge is 0.349 e. The molecule has 0 heterocycles. The fraction of sp³-hybridized carbons (Fsp3) is 0.562. The molecule has 118 valence electrons. The van der Waals surface area contributed by atoms with Gasteiger partial charge in [0.15, 0.2) is 0 Å². The van der Waals surface area contributed by atoms with E-state index in [2.05, 4.69) is 5.32 Å². The van der Waals surface area contributed by atoms with Crippen LogP contribution in [-0.2, 0) is 0 Å². The molecule has 2 aliphatic carbocycles. The lowest BCUT2D eigenvalue weighted by Gasteiger charge is -2.28. The van der Waals surface area contributed by atoms with Gasteiger partial charge in [0.05, 0.1) is 4.92 Å². The van der Waals surface area contributed by atoms with Crippen molar-refractivity contribution >= 4 is 23.2 Å². The number of carbonyl (C=O) groups excluding carboxylic acids is 1. The first-order valence-corrected chi connectivity index (χ1v) is 8.08. The van der Waals surface area contributed by atoms with Gasteiger partial charge in [0.1, 0.15) is 5.02 Å². The van der Waals surface area contributed by atoms with E-state index in [1.54, 1.807) is 0 Å². The van der Waals surface area contributed by atoms with Gasteiger partial charge in [0.25, 0.3) is 11.6 Å². The molecule has 3 rings (SSSR count). The van der Waals surface area contributed by atoms with E-state index in [1.807, 2.05) is 6.92 Å². The van der Waals surface area contributed by atoms with E-state index in [9.17, 15) is 14.9 Å². The van der Waals surface area contributed by atoms with Crippen LogP contribution in [0, 0.1) is 27.9 Å². The highest BCUT2D eigenvalue weighted by molar-refractivity contribution is 6.32. The molecule has 1 aromatic carbocycles. The molecule has 1 amide bonds. The zero-order chi connectivity index (χ0) is 15.9. The molecular formula is C16H19ClN2O3. The van der Waals surface area contributed by atoms with Crippen LogP contribution in [0.25, 0.3) is 0 Å². The number of hydrogen-bond donors (Lipinski definition) is 1. The van der Waals surface area contributed by atoms with E-state index in [-0.39, 0.29) is 28.2 Å². The first-order chi connectivity index (χ1) is 10.5. The summed E-state index contributed by atoms with van der Waals surface area (Å²) in [5, 5.41) is 14.0. The highest BCUT2D eigenvalue weighted by Crippen LogP contribution is 2.49. The number of nitrogens with one attached hydrogen (secondary N) is 1. The Balaban J connectivity index is 1.69. The van der Waals surface area contributed by atoms with Crippen LogP contribution in [0.1, 0.15) is 43.0 Å². The molecule has 0 aromatic heterocycles. The van der Waals surface area contributed by atoms with E-state index < -0.39 is 4.92 Å². The van der Waals surface area contributed by atoms with E-state index in [0.717, 1.165) is 11.8 Å². The van der Waals surface area contributed by atoms with Crippen molar-refractivity contribution in [1.82, 2.24) is 5.32 Å². The molecule has 0 saturated heterocycles. The zero-order valence-corrected chi connectivity index (χ0v) is 13.2. The predicted octanol–water partition coefficient (Wildman–Crippen LogP) is 3.80. The van der Waals surface area contributed by atoms with Gasteiger partial charge in [0, 0.05) is 17.7 Å². The number of hydrogen-bond acceptors (Lipinski definition) is 3. The Morgan fingerprint density at radius 2 is 2.18 bits per heavy atom. The molecule has 1 N–H and O–H groups in total. The maximum absolute atomic E-state index is 12.3. The van der Waals surface area contributed by atoms with Crippen LogP contribution in [0.15, 0.2) is 18.2 Å². The maximum Gasteiger partial charge on any atom is 0.288 e. The summed E-state index contributed by atoms with van der Waals surface area (Å²) in [5.74, 6) is 1.81. The Hall–Kier alpha value is -1.62. The van der Waals surface area contributed by atoms with Gasteiger partial charge in [-0.25, -0.2) is 0 Å². The smallest absolute Gasteiger partial charge is 0.288 e. The first kappa shape index (κ1) is 15.3. The summed E-state index contributed by atoms with van der Waals surface area (Å²) in [7, 11) is 0. The van der Waals surface area contributed by atoms with Crippen LogP contribution in [-0.4, -0.2) is 16.9 Å². The number of nitro benzene ring substituents is 1. The SMILES string of the molecule is C[C@@H](NC(=O)c1ccc(Cl)c([N+](=O)[O-])c1)[C@@H]1C[C@H]2CC[C@H]1C2. The van der Waals surface area contributed by atoms with E-state index in [4.69, 9.17) is 11.6 Å². The fourth-order valence-electron chi connectivity index (χ4n) is 4.10. The Morgan fingerprint density at radius 3 is 2.77 bits per heavy atom. The predicted molar refractivity (Wildman–Crippen MR) is 84.0 cm³/mol. The molecule has 2 aliphatic rings. The van der Waals surface area contributed by atoms with Gasteiger partial charge in [0.2, 0.25) is 0 Å². The van der Waals surface area contributed by atoms with Gasteiger partial charge in [-0.3, -0.25) is 14.9 Å². The standard InChI is InChI=1S/C16H19ClN2O3/c1-9(13-7-10-2-3-11(13)6-10)18-16(20)12-4-5-14(17)15(8-12)19(21)22/h4-5,8-11,13H,2-3,6-7H2,1H3,(H,18,20)/t9-,10+,11+,13+/m1/s1. The van der Waals surface area contributed by atoms with Gasteiger partial charge in [-0.2, -0.15) is 0 Å². The van der Waals surface area contributed by atoms with E-state index in [0.29, 0.717) is 5.92 Å². The molecule has 0 unspecified atom stereocenters. The highest BCUT2D eigenvalue weighted by atomic mass is 35.5. The van der Waals surface area contributed by atoms with Gasteiger partial charge in [-0.15, -0.1) is 0 Å². The average molecular weight is 323 g/mol. The van der Waals surface area contributed by atoms with Crippen molar-refractivity contribution in [1.29, 1.82) is 0 Å². The summed E-state index contributed by atoms with van der Waals surface area (Å²) in [6, 6.07) is 4.26. The first-order valence-electron chi connectivity index (χ1n) is 7.70. The third kappa shape index (κ3) is 2.82. The fourth-order valence-corrected chi connectivity index (χ4v) is 4.28. The Kier molecular flexibility index (Phi) is 4.08. The van der Waals surface area contributed by atoms with Gasteiger partial charge >= 0.3 is 0 Å². The van der Waals surface area contributed by atoms with Crippen LogP contribution >= 0.6 is 11.6 Å². The number of amides is 1. The minimum absolute atomic E-state index is 0.0442. The molecule has 0 radical (unpaired) electrons. The summed E-state index contributed by atoms with van der Waals surface area (Å²) in [4.78, 5) is 22.7. The number of nitrogens with zero attached hydrogens (tertiary/aromatic N) is 1. The Bertz CT molecular complexity index is 619. The summed E-state index contributed by atoms with van der Waals surface area (Å²) in [6.07, 6.45) is 5.07. The summed E-state index contributed by atoms with van der Waals surface area (Å²) in [6.45, 7) is 2.04. The van der Waals surface area contributed by atoms with Crippen molar-refractivity contribution < 1.29 is 9.72 Å². The van der Waals surface area contributed by atoms with Crippen LogP contribution in [0.3, 0.4) is 0 Å². The number of rotatable bonds is 4. The van der Waals surface area contributed by atoms with Crippen molar-refractivity contribution in [3.8, 4) is 0 Å². The van der Waals surface area contributed by atoms with Crippen molar-refractivity contribution in [3.63, 3.8) is 0 Å². The molecule has 4 atom stereocenters. The maximum atomic E-state index is 12.3. The normalized spacial score (nSPS) is 27.6. The lowest BCUT2D eigenvalue weighted by molar-refractivity contribution is -0.384. The molecule has 2 saturated carbocycles. The zero-order valence-electron chi connectivity index (χ0n) is 12.4. The molecule has 0 spiro atoms. The van der Waals surface area contributed by atoms with Crippen LogP contribution in [0.4, 0.5) is 5.69 Å². The number of fused-ring (bicyclic) bond motifs is 2. The average Bonchev–Trinajstić information content (AvgIpc) is 3.09. The van der Waals surface area contributed by atoms with Crippen molar-refractivity contribution in [2.24, 2.45) is 17.8 Å². The third-order valence-corrected chi connectivity index (χ3v) is 5.52. The Morgan fingerprint density at radius 1 is 1.41 bits per heavy atom. The van der Waals surface area contributed by atoms with Crippen molar-refractivity contribution in [2.45, 2.75) is 38.6 Å². The number of halogens is 1. The van der Waals surface area contributed by atoms with Crippen LogP contribution in [0.5, 0.6) is 0 Å². The minimum Gasteiger partial charge on any atom is -0.349 e. The van der Waals surface area contributed by atoms with E-state index in [1.165, 1.54) is 43.9 Å². The van der Waals surface area contributed by atoms with E-state index >= 15 is 0 Å². The number of benzene rings is 1. The van der Waals surface area contributed by atoms with Crippen molar-refractivity contribution in [2.75, 3.05) is 0 Å². The topological polar surface area (TPSA) is 72.2 Å². The van der Waals surface area contributed by atoms with Crippen molar-refractivity contribution in [3.05, 3.63) is 38.9 Å².